The van der Waals surface area contributed by atoms with Crippen LogP contribution >= 0.6 is 0 Å². The molecule has 0 aromatic rings. The molecule has 3 N–H and O–H groups in total. The lowest BCUT2D eigenvalue weighted by Crippen LogP contribution is -2.52. The highest BCUT2D eigenvalue weighted by atomic mass is 16.4. The normalized spacial score (nSPS) is 39.8. The van der Waals surface area contributed by atoms with Gasteiger partial charge in [-0.1, -0.05) is 23.5 Å². The zero-order valence-corrected chi connectivity index (χ0v) is 10.7. The number of carboxylic acids is 1. The van der Waals surface area contributed by atoms with Crippen molar-refractivity contribution in [3.8, 4) is 11.8 Å². The Morgan fingerprint density at radius 1 is 1.42 bits per heavy atom. The molecule has 3 rings (SSSR count). The fourth-order valence-corrected chi connectivity index (χ4v) is 3.71. The molecule has 0 saturated heterocycles. The van der Waals surface area contributed by atoms with E-state index >= 15 is 0 Å². The maximum atomic E-state index is 10.5. The molecule has 0 aromatic heterocycles. The van der Waals surface area contributed by atoms with E-state index < -0.39 is 17.7 Å². The summed E-state index contributed by atoms with van der Waals surface area (Å²) in [7, 11) is 0. The van der Waals surface area contributed by atoms with Crippen molar-refractivity contribution in [1.29, 1.82) is 0 Å². The van der Waals surface area contributed by atoms with E-state index in [1.165, 1.54) is 5.57 Å². The second-order valence-corrected chi connectivity index (χ2v) is 5.87. The van der Waals surface area contributed by atoms with Gasteiger partial charge < -0.3 is 15.3 Å². The van der Waals surface area contributed by atoms with Crippen molar-refractivity contribution in [2.24, 2.45) is 17.8 Å². The van der Waals surface area contributed by atoms with Gasteiger partial charge in [0.05, 0.1) is 6.10 Å². The number of allylic oxidation sites excluding steroid dienone is 2. The van der Waals surface area contributed by atoms with E-state index in [0.29, 0.717) is 18.8 Å². The monoisotopic (exact) mass is 262 g/mol. The predicted molar refractivity (Wildman–Crippen MR) is 68.0 cm³/mol. The topological polar surface area (TPSA) is 77.8 Å². The first-order chi connectivity index (χ1) is 9.01. The lowest BCUT2D eigenvalue weighted by molar-refractivity contribution is -0.136. The molecule has 102 valence electrons. The van der Waals surface area contributed by atoms with Crippen LogP contribution in [0.2, 0.25) is 0 Å². The van der Waals surface area contributed by atoms with Gasteiger partial charge >= 0.3 is 5.97 Å². The molecule has 0 spiro atoms. The summed E-state index contributed by atoms with van der Waals surface area (Å²) in [5.41, 5.74) is 0.197. The summed E-state index contributed by atoms with van der Waals surface area (Å²) in [5, 5.41) is 28.8. The largest absolute Gasteiger partial charge is 0.481 e. The van der Waals surface area contributed by atoms with E-state index in [2.05, 4.69) is 11.8 Å². The number of rotatable bonds is 4. The van der Waals surface area contributed by atoms with Gasteiger partial charge in [-0.2, -0.15) is 0 Å². The lowest BCUT2D eigenvalue weighted by atomic mass is 9.54. The van der Waals surface area contributed by atoms with Gasteiger partial charge in [0, 0.05) is 12.3 Å². The predicted octanol–water partition coefficient (Wildman–Crippen LogP) is 0.933. The smallest absolute Gasteiger partial charge is 0.303 e. The van der Waals surface area contributed by atoms with Crippen LogP contribution in [0, 0.1) is 29.6 Å². The summed E-state index contributed by atoms with van der Waals surface area (Å²) in [6.07, 6.45) is 4.77. The number of aliphatic hydroxyl groups is 2. The number of carbonyl (C=O) groups is 1. The summed E-state index contributed by atoms with van der Waals surface area (Å²) in [5.74, 6) is 5.17. The Labute approximate surface area is 112 Å². The maximum Gasteiger partial charge on any atom is 0.303 e. The first-order valence-electron chi connectivity index (χ1n) is 6.87. The number of aliphatic hydroxyl groups excluding tert-OH is 1. The molecule has 4 nitrogen and oxygen atoms in total. The summed E-state index contributed by atoms with van der Waals surface area (Å²) < 4.78 is 0. The van der Waals surface area contributed by atoms with Gasteiger partial charge in [-0.15, -0.1) is 0 Å². The van der Waals surface area contributed by atoms with Gasteiger partial charge in [0.15, 0.2) is 5.60 Å². The highest BCUT2D eigenvalue weighted by Crippen LogP contribution is 2.55. The molecule has 3 aliphatic rings. The Balaban J connectivity index is 1.63. The van der Waals surface area contributed by atoms with Crippen LogP contribution in [-0.2, 0) is 4.79 Å². The van der Waals surface area contributed by atoms with E-state index in [4.69, 9.17) is 5.11 Å². The van der Waals surface area contributed by atoms with Crippen LogP contribution in [0.5, 0.6) is 0 Å². The van der Waals surface area contributed by atoms with Gasteiger partial charge in [-0.25, -0.2) is 0 Å². The van der Waals surface area contributed by atoms with Crippen LogP contribution in [-0.4, -0.2) is 33.0 Å². The zero-order chi connectivity index (χ0) is 13.6. The Kier molecular flexibility index (Phi) is 2.92. The summed E-state index contributed by atoms with van der Waals surface area (Å²) in [6.45, 7) is 0. The third kappa shape index (κ3) is 2.18. The minimum Gasteiger partial charge on any atom is -0.481 e. The lowest BCUT2D eigenvalue weighted by Gasteiger charge is -2.51. The Bertz CT molecular complexity index is 488. The average molecular weight is 262 g/mol. The highest BCUT2D eigenvalue weighted by molar-refractivity contribution is 5.66. The maximum absolute atomic E-state index is 10.5. The molecule has 0 unspecified atom stereocenters. The number of hydrogen-bond acceptors (Lipinski definition) is 3. The van der Waals surface area contributed by atoms with Gasteiger partial charge in [-0.05, 0) is 37.5 Å². The molecule has 0 aliphatic heterocycles. The Morgan fingerprint density at radius 3 is 2.79 bits per heavy atom. The second-order valence-electron chi connectivity index (χ2n) is 5.87. The number of hydrogen-bond donors (Lipinski definition) is 3. The summed E-state index contributed by atoms with van der Waals surface area (Å²) in [6, 6.07) is 0. The molecule has 2 fully saturated rings. The van der Waals surface area contributed by atoms with Gasteiger partial charge in [0.25, 0.3) is 0 Å². The van der Waals surface area contributed by atoms with Gasteiger partial charge in [0.1, 0.15) is 0 Å². The third-order valence-electron chi connectivity index (χ3n) is 4.74. The highest BCUT2D eigenvalue weighted by Gasteiger charge is 2.56. The standard InChI is InChI=1S/C15H18O4/c16-12-5-4-10-9(2-1-3-13(17)18)8-11(10)14(12)15(19)6-7-15/h2,10-12,14,16,19H,1,3-5,8H2,(H,17,18)/b9-2-/t10-,11+,12-,14+/m1/s1. The van der Waals surface area contributed by atoms with Crippen LogP contribution in [0.3, 0.4) is 0 Å². The van der Waals surface area contributed by atoms with E-state index in [9.17, 15) is 15.0 Å². The minimum absolute atomic E-state index is 0.167. The van der Waals surface area contributed by atoms with Crippen molar-refractivity contribution in [2.75, 3.05) is 0 Å². The van der Waals surface area contributed by atoms with E-state index in [1.807, 2.05) is 6.08 Å². The first-order valence-corrected chi connectivity index (χ1v) is 6.87. The minimum atomic E-state index is -1.10. The van der Waals surface area contributed by atoms with Crippen molar-refractivity contribution >= 4 is 5.97 Å². The van der Waals surface area contributed by atoms with E-state index in [-0.39, 0.29) is 18.3 Å². The number of carboxylic acid groups (broad SMARTS) is 1. The molecule has 2 saturated carbocycles. The molecule has 4 atom stereocenters. The first kappa shape index (κ1) is 12.7. The van der Waals surface area contributed by atoms with E-state index in [0.717, 1.165) is 12.8 Å². The Morgan fingerprint density at radius 2 is 2.16 bits per heavy atom. The van der Waals surface area contributed by atoms with Crippen molar-refractivity contribution < 1.29 is 20.1 Å². The molecule has 4 heteroatoms. The SMILES string of the molecule is O=C(O)CC/C=C1/C[C@@H]2[C@H](C3(O)C#C3)[C@H](O)CC[C@H]12. The van der Waals surface area contributed by atoms with Crippen LogP contribution in [0.25, 0.3) is 0 Å². The summed E-state index contributed by atoms with van der Waals surface area (Å²) >= 11 is 0. The molecule has 0 aromatic carbocycles. The molecular formula is C15H18O4. The average Bonchev–Trinajstić information content (AvgIpc) is 3.04. The molecule has 0 amide bonds. The van der Waals surface area contributed by atoms with Crippen molar-refractivity contribution in [3.05, 3.63) is 11.6 Å². The summed E-state index contributed by atoms with van der Waals surface area (Å²) in [4.78, 5) is 10.5. The third-order valence-corrected chi connectivity index (χ3v) is 4.74. The Hall–Kier alpha value is -1.31. The number of fused-ring (bicyclic) bond motifs is 1. The van der Waals surface area contributed by atoms with Crippen LogP contribution < -0.4 is 0 Å². The fraction of sp³-hybridized carbons (Fsp3) is 0.667. The second kappa shape index (κ2) is 4.36. The molecular weight excluding hydrogens is 244 g/mol. The van der Waals surface area contributed by atoms with E-state index in [1.54, 1.807) is 0 Å². The molecule has 19 heavy (non-hydrogen) atoms. The molecule has 0 bridgehead atoms. The van der Waals surface area contributed by atoms with Gasteiger partial charge in [-0.3, -0.25) is 4.79 Å². The van der Waals surface area contributed by atoms with Crippen molar-refractivity contribution in [1.82, 2.24) is 0 Å². The van der Waals surface area contributed by atoms with Gasteiger partial charge in [0.2, 0.25) is 0 Å². The van der Waals surface area contributed by atoms with Crippen LogP contribution in [0.1, 0.15) is 32.1 Å². The number of aliphatic carboxylic acids is 1. The quantitative estimate of drug-likeness (QED) is 0.520. The van der Waals surface area contributed by atoms with Crippen LogP contribution in [0.4, 0.5) is 0 Å². The van der Waals surface area contributed by atoms with Crippen LogP contribution in [0.15, 0.2) is 11.6 Å². The molecule has 3 aliphatic carbocycles. The molecule has 0 heterocycles. The fourth-order valence-electron chi connectivity index (χ4n) is 3.71. The molecule has 0 radical (unpaired) electrons. The zero-order valence-electron chi connectivity index (χ0n) is 10.7. The van der Waals surface area contributed by atoms with Crippen molar-refractivity contribution in [2.45, 2.75) is 43.8 Å². The van der Waals surface area contributed by atoms with Crippen molar-refractivity contribution in [3.63, 3.8) is 0 Å².